The Hall–Kier alpha value is -1.88. The van der Waals surface area contributed by atoms with Gasteiger partial charge >= 0.3 is 5.97 Å². The Morgan fingerprint density at radius 3 is 2.70 bits per heavy atom. The zero-order valence-corrected chi connectivity index (χ0v) is 11.5. The van der Waals surface area contributed by atoms with Gasteiger partial charge in [-0.2, -0.15) is 0 Å². The first kappa shape index (κ1) is 13.1. The number of hydrogen-bond donors (Lipinski definition) is 1. The van der Waals surface area contributed by atoms with Gasteiger partial charge in [0.2, 0.25) is 5.91 Å². The Morgan fingerprint density at radius 1 is 1.30 bits per heavy atom. The first-order valence-electron chi connectivity index (χ1n) is 6.90. The standard InChI is InChI=1S/C15H18N2O3/c1-16-7-6-11(9-16)14(18)17-12-5-3-2-4-10(12)8-13(17)15(19)20/h2-5,11,13H,6-9H2,1H3,(H,19,20). The molecule has 0 radical (unpaired) electrons. The SMILES string of the molecule is CN1CCC(C(=O)N2c3ccccc3CC2C(=O)O)C1. The molecule has 2 unspecified atom stereocenters. The zero-order valence-electron chi connectivity index (χ0n) is 11.5. The van der Waals surface area contributed by atoms with E-state index in [1.807, 2.05) is 31.3 Å². The van der Waals surface area contributed by atoms with E-state index in [9.17, 15) is 14.7 Å². The number of amides is 1. The Kier molecular flexibility index (Phi) is 3.22. The van der Waals surface area contributed by atoms with Gasteiger partial charge in [0.25, 0.3) is 0 Å². The summed E-state index contributed by atoms with van der Waals surface area (Å²) in [7, 11) is 1.99. The highest BCUT2D eigenvalue weighted by atomic mass is 16.4. The average molecular weight is 274 g/mol. The first-order chi connectivity index (χ1) is 9.58. The summed E-state index contributed by atoms with van der Waals surface area (Å²) in [6.07, 6.45) is 1.21. The van der Waals surface area contributed by atoms with Crippen LogP contribution in [0.5, 0.6) is 0 Å². The normalized spacial score (nSPS) is 25.8. The van der Waals surface area contributed by atoms with Gasteiger partial charge in [-0.05, 0) is 31.6 Å². The second-order valence-corrected chi connectivity index (χ2v) is 5.64. The van der Waals surface area contributed by atoms with E-state index >= 15 is 0 Å². The van der Waals surface area contributed by atoms with Crippen LogP contribution in [0.15, 0.2) is 24.3 Å². The molecular weight excluding hydrogens is 256 g/mol. The molecule has 1 amide bonds. The lowest BCUT2D eigenvalue weighted by molar-refractivity contribution is -0.140. The minimum absolute atomic E-state index is 0.0494. The number of hydrogen-bond acceptors (Lipinski definition) is 3. The molecule has 0 aliphatic carbocycles. The topological polar surface area (TPSA) is 60.9 Å². The number of aliphatic carboxylic acids is 1. The number of carbonyl (C=O) groups excluding carboxylic acids is 1. The van der Waals surface area contributed by atoms with E-state index in [4.69, 9.17) is 0 Å². The van der Waals surface area contributed by atoms with Crippen LogP contribution in [-0.4, -0.2) is 48.1 Å². The van der Waals surface area contributed by atoms with Gasteiger partial charge in [-0.3, -0.25) is 9.69 Å². The predicted octanol–water partition coefficient (Wildman–Crippen LogP) is 0.981. The van der Waals surface area contributed by atoms with Gasteiger partial charge < -0.3 is 10.0 Å². The minimum atomic E-state index is -0.930. The van der Waals surface area contributed by atoms with Crippen LogP contribution in [-0.2, 0) is 16.0 Å². The largest absolute Gasteiger partial charge is 0.480 e. The fraction of sp³-hybridized carbons (Fsp3) is 0.467. The van der Waals surface area contributed by atoms with Crippen LogP contribution < -0.4 is 4.90 Å². The number of benzene rings is 1. The zero-order chi connectivity index (χ0) is 14.3. The van der Waals surface area contributed by atoms with Crippen molar-refractivity contribution in [3.8, 4) is 0 Å². The van der Waals surface area contributed by atoms with Crippen molar-refractivity contribution in [3.05, 3.63) is 29.8 Å². The molecule has 106 valence electrons. The van der Waals surface area contributed by atoms with Crippen molar-refractivity contribution in [1.29, 1.82) is 0 Å². The third-order valence-corrected chi connectivity index (χ3v) is 4.24. The van der Waals surface area contributed by atoms with Gasteiger partial charge in [0.15, 0.2) is 0 Å². The number of fused-ring (bicyclic) bond motifs is 1. The molecule has 2 aliphatic rings. The number of carbonyl (C=O) groups is 2. The van der Waals surface area contributed by atoms with Crippen molar-refractivity contribution in [2.24, 2.45) is 5.92 Å². The van der Waals surface area contributed by atoms with E-state index in [0.29, 0.717) is 13.0 Å². The summed E-state index contributed by atoms with van der Waals surface area (Å²) in [6.45, 7) is 1.60. The molecule has 1 aromatic carbocycles. The number of carboxylic acids is 1. The lowest BCUT2D eigenvalue weighted by Crippen LogP contribution is -2.46. The maximum absolute atomic E-state index is 12.7. The van der Waals surface area contributed by atoms with E-state index in [0.717, 1.165) is 24.2 Å². The number of para-hydroxylation sites is 1. The van der Waals surface area contributed by atoms with Crippen molar-refractivity contribution < 1.29 is 14.7 Å². The molecule has 0 bridgehead atoms. The molecule has 0 aromatic heterocycles. The van der Waals surface area contributed by atoms with Gasteiger partial charge in [0, 0.05) is 18.7 Å². The summed E-state index contributed by atoms with van der Waals surface area (Å²) in [5.74, 6) is -1.07. The minimum Gasteiger partial charge on any atom is -0.480 e. The van der Waals surface area contributed by atoms with Gasteiger partial charge in [-0.1, -0.05) is 18.2 Å². The summed E-state index contributed by atoms with van der Waals surface area (Å²) in [6, 6.07) is 6.72. The Morgan fingerprint density at radius 2 is 2.05 bits per heavy atom. The van der Waals surface area contributed by atoms with Crippen LogP contribution in [0.4, 0.5) is 5.69 Å². The second-order valence-electron chi connectivity index (χ2n) is 5.64. The van der Waals surface area contributed by atoms with Crippen LogP contribution in [0.2, 0.25) is 0 Å². The van der Waals surface area contributed by atoms with Gasteiger partial charge in [0.05, 0.1) is 5.92 Å². The van der Waals surface area contributed by atoms with Crippen LogP contribution >= 0.6 is 0 Å². The Bertz CT molecular complexity index is 558. The van der Waals surface area contributed by atoms with Crippen molar-refractivity contribution in [2.45, 2.75) is 18.9 Å². The van der Waals surface area contributed by atoms with E-state index in [1.54, 1.807) is 0 Å². The maximum Gasteiger partial charge on any atom is 0.327 e. The smallest absolute Gasteiger partial charge is 0.327 e. The number of likely N-dealkylation sites (tertiary alicyclic amines) is 1. The highest BCUT2D eigenvalue weighted by Gasteiger charge is 2.41. The van der Waals surface area contributed by atoms with Crippen molar-refractivity contribution in [2.75, 3.05) is 25.0 Å². The van der Waals surface area contributed by atoms with Crippen LogP contribution in [0.25, 0.3) is 0 Å². The third kappa shape index (κ3) is 2.08. The Balaban J connectivity index is 1.92. The predicted molar refractivity (Wildman–Crippen MR) is 74.7 cm³/mol. The molecule has 1 aromatic rings. The molecule has 1 saturated heterocycles. The number of nitrogens with zero attached hydrogens (tertiary/aromatic N) is 2. The monoisotopic (exact) mass is 274 g/mol. The molecule has 1 fully saturated rings. The molecule has 2 heterocycles. The third-order valence-electron chi connectivity index (χ3n) is 4.24. The van der Waals surface area contributed by atoms with Crippen LogP contribution in [0, 0.1) is 5.92 Å². The number of anilines is 1. The van der Waals surface area contributed by atoms with E-state index in [1.165, 1.54) is 4.90 Å². The number of rotatable bonds is 2. The van der Waals surface area contributed by atoms with Gasteiger partial charge in [0.1, 0.15) is 6.04 Å². The quantitative estimate of drug-likeness (QED) is 0.873. The Labute approximate surface area is 117 Å². The summed E-state index contributed by atoms with van der Waals surface area (Å²) < 4.78 is 0. The van der Waals surface area contributed by atoms with Crippen LogP contribution in [0.3, 0.4) is 0 Å². The highest BCUT2D eigenvalue weighted by Crippen LogP contribution is 2.34. The molecule has 5 nitrogen and oxygen atoms in total. The van der Waals surface area contributed by atoms with E-state index in [2.05, 4.69) is 4.90 Å². The lowest BCUT2D eigenvalue weighted by Gasteiger charge is -2.25. The van der Waals surface area contributed by atoms with E-state index < -0.39 is 12.0 Å². The molecule has 3 rings (SSSR count). The van der Waals surface area contributed by atoms with Crippen molar-refractivity contribution in [3.63, 3.8) is 0 Å². The maximum atomic E-state index is 12.7. The second kappa shape index (κ2) is 4.90. The van der Waals surface area contributed by atoms with Gasteiger partial charge in [-0.15, -0.1) is 0 Å². The molecule has 5 heteroatoms. The summed E-state index contributed by atoms with van der Waals surface area (Å²) in [4.78, 5) is 27.8. The highest BCUT2D eigenvalue weighted by molar-refractivity contribution is 6.03. The van der Waals surface area contributed by atoms with E-state index in [-0.39, 0.29) is 11.8 Å². The summed E-state index contributed by atoms with van der Waals surface area (Å²) >= 11 is 0. The van der Waals surface area contributed by atoms with Gasteiger partial charge in [-0.25, -0.2) is 4.79 Å². The molecule has 0 spiro atoms. The molecule has 2 atom stereocenters. The summed E-state index contributed by atoms with van der Waals surface area (Å²) in [5, 5.41) is 9.40. The average Bonchev–Trinajstić information content (AvgIpc) is 3.01. The van der Waals surface area contributed by atoms with Crippen molar-refractivity contribution >= 4 is 17.6 Å². The molecular formula is C15H18N2O3. The molecule has 20 heavy (non-hydrogen) atoms. The first-order valence-corrected chi connectivity index (χ1v) is 6.90. The van der Waals surface area contributed by atoms with Crippen LogP contribution in [0.1, 0.15) is 12.0 Å². The fourth-order valence-electron chi connectivity index (χ4n) is 3.19. The molecule has 1 N–H and O–H groups in total. The molecule has 2 aliphatic heterocycles. The lowest BCUT2D eigenvalue weighted by atomic mass is 10.1. The fourth-order valence-corrected chi connectivity index (χ4v) is 3.19. The van der Waals surface area contributed by atoms with Crippen molar-refractivity contribution in [1.82, 2.24) is 4.90 Å². The summed E-state index contributed by atoms with van der Waals surface area (Å²) in [5.41, 5.74) is 1.71. The number of carboxylic acid groups (broad SMARTS) is 1. The molecule has 0 saturated carbocycles.